The first-order chi connectivity index (χ1) is 5.65. The minimum Gasteiger partial charge on any atom is -0.396 e. The van der Waals surface area contributed by atoms with Crippen molar-refractivity contribution in [2.24, 2.45) is 5.92 Å². The van der Waals surface area contributed by atoms with E-state index in [0.717, 1.165) is 12.0 Å². The molecule has 0 aromatic carbocycles. The van der Waals surface area contributed by atoms with E-state index in [0.29, 0.717) is 6.42 Å². The first-order valence-corrected chi connectivity index (χ1v) is 4.23. The van der Waals surface area contributed by atoms with E-state index in [1.807, 2.05) is 6.92 Å². The van der Waals surface area contributed by atoms with Crippen LogP contribution in [0.1, 0.15) is 19.8 Å². The Morgan fingerprint density at radius 2 is 1.92 bits per heavy atom. The summed E-state index contributed by atoms with van der Waals surface area (Å²) in [6.45, 7) is 5.47. The first-order valence-electron chi connectivity index (χ1n) is 4.23. The van der Waals surface area contributed by atoms with E-state index in [4.69, 9.17) is 15.3 Å². The molecule has 0 amide bonds. The Balaban J connectivity index is 3.90. The van der Waals surface area contributed by atoms with Crippen molar-refractivity contribution in [1.29, 1.82) is 0 Å². The quantitative estimate of drug-likeness (QED) is 0.508. The van der Waals surface area contributed by atoms with Gasteiger partial charge in [0.15, 0.2) is 0 Å². The van der Waals surface area contributed by atoms with E-state index >= 15 is 0 Å². The summed E-state index contributed by atoms with van der Waals surface area (Å²) in [5, 5.41) is 26.6. The highest BCUT2D eigenvalue weighted by Crippen LogP contribution is 2.17. The van der Waals surface area contributed by atoms with E-state index in [9.17, 15) is 0 Å². The number of hydrogen-bond donors (Lipinski definition) is 3. The smallest absolute Gasteiger partial charge is 0.0777 e. The van der Waals surface area contributed by atoms with Gasteiger partial charge in [0.1, 0.15) is 0 Å². The molecular weight excluding hydrogens is 156 g/mol. The van der Waals surface area contributed by atoms with Gasteiger partial charge in [-0.3, -0.25) is 0 Å². The largest absolute Gasteiger partial charge is 0.396 e. The number of rotatable bonds is 6. The van der Waals surface area contributed by atoms with Gasteiger partial charge in [-0.25, -0.2) is 0 Å². The highest BCUT2D eigenvalue weighted by Gasteiger charge is 2.14. The number of hydrogen-bond acceptors (Lipinski definition) is 3. The van der Waals surface area contributed by atoms with Gasteiger partial charge in [0.05, 0.1) is 12.7 Å². The zero-order valence-corrected chi connectivity index (χ0v) is 7.53. The summed E-state index contributed by atoms with van der Waals surface area (Å²) in [4.78, 5) is 0. The molecule has 0 aliphatic heterocycles. The van der Waals surface area contributed by atoms with E-state index < -0.39 is 6.10 Å². The lowest BCUT2D eigenvalue weighted by Gasteiger charge is -2.18. The monoisotopic (exact) mass is 174 g/mol. The predicted molar refractivity (Wildman–Crippen MR) is 47.7 cm³/mol. The van der Waals surface area contributed by atoms with E-state index in [1.54, 1.807) is 0 Å². The fourth-order valence-electron chi connectivity index (χ4n) is 1.06. The number of aliphatic hydroxyl groups is 3. The molecule has 2 atom stereocenters. The Hall–Kier alpha value is -0.380. The van der Waals surface area contributed by atoms with Crippen LogP contribution in [0.3, 0.4) is 0 Å². The van der Waals surface area contributed by atoms with Gasteiger partial charge in [0, 0.05) is 12.5 Å². The maximum atomic E-state index is 9.10. The SMILES string of the molecule is C=C(CC)[C@H](CO)C[C@H](O)CO. The molecule has 0 spiro atoms. The predicted octanol–water partition coefficient (Wildman–Crippen LogP) is 0.304. The maximum Gasteiger partial charge on any atom is 0.0777 e. The van der Waals surface area contributed by atoms with E-state index in [2.05, 4.69) is 6.58 Å². The lowest BCUT2D eigenvalue weighted by atomic mass is 9.93. The third-order valence-corrected chi connectivity index (χ3v) is 2.02. The van der Waals surface area contributed by atoms with Gasteiger partial charge in [0.25, 0.3) is 0 Å². The fraction of sp³-hybridized carbons (Fsp3) is 0.778. The Morgan fingerprint density at radius 1 is 1.33 bits per heavy atom. The fourth-order valence-corrected chi connectivity index (χ4v) is 1.06. The molecule has 0 unspecified atom stereocenters. The average Bonchev–Trinajstić information content (AvgIpc) is 2.12. The molecule has 3 nitrogen and oxygen atoms in total. The Labute approximate surface area is 73.4 Å². The van der Waals surface area contributed by atoms with Gasteiger partial charge in [-0.2, -0.15) is 0 Å². The molecule has 3 N–H and O–H groups in total. The molecule has 0 aliphatic carbocycles. The van der Waals surface area contributed by atoms with Crippen LogP contribution in [0, 0.1) is 5.92 Å². The molecule has 0 aliphatic rings. The van der Waals surface area contributed by atoms with Crippen LogP contribution in [0.2, 0.25) is 0 Å². The molecule has 0 rings (SSSR count). The highest BCUT2D eigenvalue weighted by molar-refractivity contribution is 5.00. The number of aliphatic hydroxyl groups excluding tert-OH is 3. The van der Waals surface area contributed by atoms with Crippen LogP contribution >= 0.6 is 0 Å². The first kappa shape index (κ1) is 11.6. The summed E-state index contributed by atoms with van der Waals surface area (Å²) in [6, 6.07) is 0. The second-order valence-corrected chi connectivity index (χ2v) is 2.96. The molecule has 0 saturated heterocycles. The standard InChI is InChI=1S/C9H18O3/c1-3-7(2)8(5-10)4-9(12)6-11/h8-12H,2-6H2,1H3/t8-,9-/m0/s1. The van der Waals surface area contributed by atoms with Gasteiger partial charge < -0.3 is 15.3 Å². The van der Waals surface area contributed by atoms with Crippen molar-refractivity contribution in [2.45, 2.75) is 25.9 Å². The summed E-state index contributed by atoms with van der Waals surface area (Å²) in [7, 11) is 0. The van der Waals surface area contributed by atoms with E-state index in [-0.39, 0.29) is 19.1 Å². The zero-order chi connectivity index (χ0) is 9.56. The maximum absolute atomic E-state index is 9.10. The third-order valence-electron chi connectivity index (χ3n) is 2.02. The summed E-state index contributed by atoms with van der Waals surface area (Å²) in [5.41, 5.74) is 0.921. The summed E-state index contributed by atoms with van der Waals surface area (Å²) >= 11 is 0. The molecule has 12 heavy (non-hydrogen) atoms. The Morgan fingerprint density at radius 3 is 2.25 bits per heavy atom. The second kappa shape index (κ2) is 6.17. The molecule has 0 aromatic rings. The normalized spacial score (nSPS) is 15.7. The van der Waals surface area contributed by atoms with Crippen LogP contribution in [-0.2, 0) is 0 Å². The van der Waals surface area contributed by atoms with Crippen LogP contribution < -0.4 is 0 Å². The summed E-state index contributed by atoms with van der Waals surface area (Å²) in [6.07, 6.45) is 0.439. The van der Waals surface area contributed by atoms with Crippen molar-refractivity contribution in [2.75, 3.05) is 13.2 Å². The lowest BCUT2D eigenvalue weighted by Crippen LogP contribution is -2.20. The minimum atomic E-state index is -0.745. The zero-order valence-electron chi connectivity index (χ0n) is 7.53. The summed E-state index contributed by atoms with van der Waals surface area (Å²) in [5.74, 6) is -0.0860. The molecular formula is C9H18O3. The molecule has 0 radical (unpaired) electrons. The highest BCUT2D eigenvalue weighted by atomic mass is 16.3. The molecule has 0 aromatic heterocycles. The van der Waals surface area contributed by atoms with Crippen molar-refractivity contribution in [3.05, 3.63) is 12.2 Å². The lowest BCUT2D eigenvalue weighted by molar-refractivity contribution is 0.0685. The van der Waals surface area contributed by atoms with Crippen LogP contribution in [-0.4, -0.2) is 34.6 Å². The van der Waals surface area contributed by atoms with Crippen molar-refractivity contribution in [3.8, 4) is 0 Å². The molecule has 0 bridgehead atoms. The van der Waals surface area contributed by atoms with Crippen LogP contribution in [0.5, 0.6) is 0 Å². The topological polar surface area (TPSA) is 60.7 Å². The summed E-state index contributed by atoms with van der Waals surface area (Å²) < 4.78 is 0. The van der Waals surface area contributed by atoms with Crippen molar-refractivity contribution in [1.82, 2.24) is 0 Å². The van der Waals surface area contributed by atoms with Crippen molar-refractivity contribution in [3.63, 3.8) is 0 Å². The van der Waals surface area contributed by atoms with Crippen LogP contribution in [0.25, 0.3) is 0 Å². The second-order valence-electron chi connectivity index (χ2n) is 2.96. The molecule has 0 saturated carbocycles. The molecule has 0 fully saturated rings. The van der Waals surface area contributed by atoms with Crippen molar-refractivity contribution < 1.29 is 15.3 Å². The third kappa shape index (κ3) is 3.85. The van der Waals surface area contributed by atoms with Gasteiger partial charge in [-0.1, -0.05) is 19.1 Å². The Bertz CT molecular complexity index is 134. The minimum absolute atomic E-state index is 0.0102. The molecule has 0 heterocycles. The van der Waals surface area contributed by atoms with Gasteiger partial charge >= 0.3 is 0 Å². The van der Waals surface area contributed by atoms with Gasteiger partial charge in [0.2, 0.25) is 0 Å². The average molecular weight is 174 g/mol. The van der Waals surface area contributed by atoms with Crippen LogP contribution in [0.15, 0.2) is 12.2 Å². The van der Waals surface area contributed by atoms with E-state index in [1.165, 1.54) is 0 Å². The van der Waals surface area contributed by atoms with Crippen molar-refractivity contribution >= 4 is 0 Å². The van der Waals surface area contributed by atoms with Gasteiger partial charge in [-0.15, -0.1) is 0 Å². The molecule has 72 valence electrons. The van der Waals surface area contributed by atoms with Gasteiger partial charge in [-0.05, 0) is 12.8 Å². The Kier molecular flexibility index (Phi) is 5.98. The van der Waals surface area contributed by atoms with Crippen LogP contribution in [0.4, 0.5) is 0 Å². The molecule has 3 heteroatoms.